The van der Waals surface area contributed by atoms with Gasteiger partial charge in [-0.05, 0) is 31.8 Å². The molecule has 0 fully saturated rings. The van der Waals surface area contributed by atoms with Crippen molar-refractivity contribution in [2.24, 2.45) is 5.73 Å². The fourth-order valence-corrected chi connectivity index (χ4v) is 1.82. The molecule has 90 valence electrons. The normalized spacial score (nSPS) is 14.7. The second-order valence-electron chi connectivity index (χ2n) is 4.01. The predicted molar refractivity (Wildman–Crippen MR) is 68.1 cm³/mol. The molecule has 0 aliphatic rings. The second-order valence-corrected chi connectivity index (χ2v) is 4.99. The Labute approximate surface area is 97.8 Å². The molecule has 2 N–H and O–H groups in total. The highest BCUT2D eigenvalue weighted by Gasteiger charge is 2.17. The Hall–Kier alpha value is -0.220. The van der Waals surface area contributed by atoms with Gasteiger partial charge in [-0.3, -0.25) is 4.79 Å². The summed E-state index contributed by atoms with van der Waals surface area (Å²) in [6.45, 7) is 4.10. The van der Waals surface area contributed by atoms with Gasteiger partial charge in [0.2, 0.25) is 5.91 Å². The Morgan fingerprint density at radius 2 is 2.13 bits per heavy atom. The lowest BCUT2D eigenvalue weighted by molar-refractivity contribution is -0.132. The molecule has 4 heteroatoms. The monoisotopic (exact) mass is 232 g/mol. The van der Waals surface area contributed by atoms with Crippen molar-refractivity contribution in [1.29, 1.82) is 0 Å². The maximum atomic E-state index is 11.8. The van der Waals surface area contributed by atoms with Crippen LogP contribution in [0.3, 0.4) is 0 Å². The summed E-state index contributed by atoms with van der Waals surface area (Å²) in [6, 6.07) is 0.321. The first-order valence-electron chi connectivity index (χ1n) is 5.53. The fraction of sp³-hybridized carbons (Fsp3) is 0.909. The third-order valence-corrected chi connectivity index (χ3v) is 3.40. The molecule has 3 nitrogen and oxygen atoms in total. The minimum atomic E-state index is 0.00713. The zero-order valence-corrected chi connectivity index (χ0v) is 11.1. The van der Waals surface area contributed by atoms with Gasteiger partial charge in [0.1, 0.15) is 0 Å². The summed E-state index contributed by atoms with van der Waals surface area (Å²) in [6.07, 6.45) is 4.46. The lowest BCUT2D eigenvalue weighted by Gasteiger charge is -2.25. The van der Waals surface area contributed by atoms with Gasteiger partial charge in [0.15, 0.2) is 0 Å². The van der Waals surface area contributed by atoms with Crippen molar-refractivity contribution in [3.05, 3.63) is 0 Å². The molecule has 0 saturated heterocycles. The Morgan fingerprint density at radius 1 is 1.53 bits per heavy atom. The Morgan fingerprint density at radius 3 is 2.60 bits per heavy atom. The molecule has 0 aliphatic carbocycles. The first-order valence-corrected chi connectivity index (χ1v) is 6.92. The molecular weight excluding hydrogens is 208 g/mol. The number of carbonyl (C=O) groups excluding carboxylic acids is 1. The molecule has 1 amide bonds. The molecule has 0 aromatic heterocycles. The number of carbonyl (C=O) groups is 1. The van der Waals surface area contributed by atoms with Gasteiger partial charge >= 0.3 is 0 Å². The lowest BCUT2D eigenvalue weighted by Crippen LogP contribution is -2.38. The van der Waals surface area contributed by atoms with E-state index in [-0.39, 0.29) is 11.9 Å². The number of hydrogen-bond donors (Lipinski definition) is 1. The molecule has 2 unspecified atom stereocenters. The van der Waals surface area contributed by atoms with Gasteiger partial charge in [0.05, 0.1) is 0 Å². The second kappa shape index (κ2) is 7.99. The average Bonchev–Trinajstić information content (AvgIpc) is 2.24. The van der Waals surface area contributed by atoms with E-state index in [4.69, 9.17) is 5.73 Å². The van der Waals surface area contributed by atoms with Gasteiger partial charge < -0.3 is 10.6 Å². The SMILES string of the molecule is CCC(N)CC(=O)N(C)C(C)CCSC. The molecule has 0 aliphatic heterocycles. The van der Waals surface area contributed by atoms with Gasteiger partial charge in [-0.2, -0.15) is 11.8 Å². The molecule has 2 atom stereocenters. The summed E-state index contributed by atoms with van der Waals surface area (Å²) < 4.78 is 0. The molecule has 0 aromatic carbocycles. The van der Waals surface area contributed by atoms with Gasteiger partial charge in [0, 0.05) is 25.6 Å². The van der Waals surface area contributed by atoms with E-state index >= 15 is 0 Å². The fourth-order valence-electron chi connectivity index (χ4n) is 1.24. The number of nitrogens with two attached hydrogens (primary N) is 1. The first kappa shape index (κ1) is 14.8. The highest BCUT2D eigenvalue weighted by Crippen LogP contribution is 2.08. The van der Waals surface area contributed by atoms with Crippen molar-refractivity contribution < 1.29 is 4.79 Å². The average molecular weight is 232 g/mol. The maximum Gasteiger partial charge on any atom is 0.224 e. The standard InChI is InChI=1S/C11H24N2OS/c1-5-10(12)8-11(14)13(3)9(2)6-7-15-4/h9-10H,5-8,12H2,1-4H3. The minimum absolute atomic E-state index is 0.00713. The van der Waals surface area contributed by atoms with E-state index in [2.05, 4.69) is 13.2 Å². The van der Waals surface area contributed by atoms with Crippen LogP contribution in [0.5, 0.6) is 0 Å². The molecule has 0 saturated carbocycles. The van der Waals surface area contributed by atoms with E-state index < -0.39 is 0 Å². The highest BCUT2D eigenvalue weighted by atomic mass is 32.2. The number of hydrogen-bond acceptors (Lipinski definition) is 3. The van der Waals surface area contributed by atoms with E-state index in [0.717, 1.165) is 18.6 Å². The van der Waals surface area contributed by atoms with Crippen molar-refractivity contribution in [1.82, 2.24) is 4.90 Å². The summed E-state index contributed by atoms with van der Waals surface area (Å²) in [5, 5.41) is 0. The van der Waals surface area contributed by atoms with Crippen molar-refractivity contribution in [3.63, 3.8) is 0 Å². The van der Waals surface area contributed by atoms with Crippen molar-refractivity contribution in [2.45, 2.75) is 45.2 Å². The lowest BCUT2D eigenvalue weighted by atomic mass is 10.1. The summed E-state index contributed by atoms with van der Waals surface area (Å²) in [5.74, 6) is 1.26. The van der Waals surface area contributed by atoms with E-state index in [1.54, 1.807) is 0 Å². The van der Waals surface area contributed by atoms with Crippen LogP contribution in [0.25, 0.3) is 0 Å². The number of amides is 1. The smallest absolute Gasteiger partial charge is 0.224 e. The van der Waals surface area contributed by atoms with Crippen LogP contribution >= 0.6 is 11.8 Å². The Kier molecular flexibility index (Phi) is 7.88. The maximum absolute atomic E-state index is 11.8. The van der Waals surface area contributed by atoms with Crippen LogP contribution in [0.15, 0.2) is 0 Å². The molecule has 0 bridgehead atoms. The Balaban J connectivity index is 3.95. The van der Waals surface area contributed by atoms with Crippen LogP contribution in [-0.2, 0) is 4.79 Å². The van der Waals surface area contributed by atoms with Gasteiger partial charge in [-0.25, -0.2) is 0 Å². The van der Waals surface area contributed by atoms with Gasteiger partial charge in [-0.1, -0.05) is 6.92 Å². The van der Waals surface area contributed by atoms with Crippen LogP contribution in [-0.4, -0.2) is 41.9 Å². The van der Waals surface area contributed by atoms with E-state index in [1.807, 2.05) is 30.6 Å². The summed E-state index contributed by atoms with van der Waals surface area (Å²) in [5.41, 5.74) is 5.76. The third-order valence-electron chi connectivity index (χ3n) is 2.76. The largest absolute Gasteiger partial charge is 0.343 e. The molecule has 0 aromatic rings. The van der Waals surface area contributed by atoms with Crippen LogP contribution in [0.2, 0.25) is 0 Å². The highest BCUT2D eigenvalue weighted by molar-refractivity contribution is 7.98. The first-order chi connectivity index (χ1) is 7.02. The quantitative estimate of drug-likeness (QED) is 0.727. The molecule has 0 heterocycles. The van der Waals surface area contributed by atoms with Crippen molar-refractivity contribution in [3.8, 4) is 0 Å². The van der Waals surface area contributed by atoms with E-state index in [9.17, 15) is 4.79 Å². The molecular formula is C11H24N2OS. The summed E-state index contributed by atoms with van der Waals surface area (Å²) >= 11 is 1.81. The number of nitrogens with zero attached hydrogens (tertiary/aromatic N) is 1. The van der Waals surface area contributed by atoms with Crippen LogP contribution in [0.1, 0.15) is 33.1 Å². The zero-order chi connectivity index (χ0) is 11.8. The minimum Gasteiger partial charge on any atom is -0.343 e. The number of rotatable bonds is 7. The van der Waals surface area contributed by atoms with Crippen molar-refractivity contribution in [2.75, 3.05) is 19.1 Å². The summed E-state index contributed by atoms with van der Waals surface area (Å²) in [4.78, 5) is 13.6. The number of thioether (sulfide) groups is 1. The molecule has 15 heavy (non-hydrogen) atoms. The van der Waals surface area contributed by atoms with Crippen LogP contribution in [0, 0.1) is 0 Å². The predicted octanol–water partition coefficient (Wildman–Crippen LogP) is 1.71. The van der Waals surface area contributed by atoms with E-state index in [0.29, 0.717) is 12.5 Å². The molecule has 0 spiro atoms. The van der Waals surface area contributed by atoms with Crippen LogP contribution < -0.4 is 5.73 Å². The van der Waals surface area contributed by atoms with E-state index in [1.165, 1.54) is 0 Å². The zero-order valence-electron chi connectivity index (χ0n) is 10.3. The third kappa shape index (κ3) is 6.05. The molecule has 0 rings (SSSR count). The van der Waals surface area contributed by atoms with Crippen molar-refractivity contribution >= 4 is 17.7 Å². The van der Waals surface area contributed by atoms with Gasteiger partial charge in [0.25, 0.3) is 0 Å². The van der Waals surface area contributed by atoms with Gasteiger partial charge in [-0.15, -0.1) is 0 Å². The molecule has 0 radical (unpaired) electrons. The Bertz CT molecular complexity index is 187. The van der Waals surface area contributed by atoms with Crippen LogP contribution in [0.4, 0.5) is 0 Å². The topological polar surface area (TPSA) is 46.3 Å². The summed E-state index contributed by atoms with van der Waals surface area (Å²) in [7, 11) is 1.87.